The van der Waals surface area contributed by atoms with Crippen molar-refractivity contribution in [1.29, 1.82) is 0 Å². The number of benzene rings is 2. The number of nitrogens with one attached hydrogen (secondary N) is 1. The lowest BCUT2D eigenvalue weighted by atomic mass is 9.73. The number of nitrogens with zero attached hydrogens (tertiary/aromatic N) is 1. The number of rotatable bonds is 6. The third-order valence-corrected chi connectivity index (χ3v) is 6.57. The highest BCUT2D eigenvalue weighted by atomic mass is 19.1. The standard InChI is InChI=1S/C25H31FN2O2/c26-22-8-4-7-21(15-22)18-28-13-11-25(12-14-28)10-9-23(30-19-25)17-27-24(29)16-20-5-2-1-3-6-20/h1-8,15,23H,9-14,16-19H2,(H,27,29). The van der Waals surface area contributed by atoms with Gasteiger partial charge in [-0.15, -0.1) is 0 Å². The molecule has 2 aliphatic rings. The van der Waals surface area contributed by atoms with Gasteiger partial charge >= 0.3 is 0 Å². The van der Waals surface area contributed by atoms with E-state index in [1.54, 1.807) is 12.1 Å². The maximum Gasteiger partial charge on any atom is 0.224 e. The van der Waals surface area contributed by atoms with Crippen LogP contribution < -0.4 is 5.32 Å². The van der Waals surface area contributed by atoms with Crippen LogP contribution in [0.25, 0.3) is 0 Å². The fourth-order valence-electron chi connectivity index (χ4n) is 4.62. The molecule has 0 radical (unpaired) electrons. The van der Waals surface area contributed by atoms with Gasteiger partial charge in [0.25, 0.3) is 0 Å². The Labute approximate surface area is 178 Å². The molecule has 4 rings (SSSR count). The molecular formula is C25H31FN2O2. The van der Waals surface area contributed by atoms with Crippen LogP contribution in [0.1, 0.15) is 36.8 Å². The van der Waals surface area contributed by atoms with E-state index < -0.39 is 0 Å². The molecule has 2 heterocycles. The first kappa shape index (κ1) is 21.0. The van der Waals surface area contributed by atoms with Crippen LogP contribution in [0.5, 0.6) is 0 Å². The Morgan fingerprint density at radius 2 is 1.83 bits per heavy atom. The van der Waals surface area contributed by atoms with Crippen molar-refractivity contribution in [3.05, 3.63) is 71.5 Å². The van der Waals surface area contributed by atoms with Crippen molar-refractivity contribution < 1.29 is 13.9 Å². The van der Waals surface area contributed by atoms with Gasteiger partial charge in [-0.3, -0.25) is 9.69 Å². The molecule has 1 N–H and O–H groups in total. The predicted molar refractivity (Wildman–Crippen MR) is 115 cm³/mol. The number of ether oxygens (including phenoxy) is 1. The molecule has 1 amide bonds. The van der Waals surface area contributed by atoms with Crippen LogP contribution in [0.3, 0.4) is 0 Å². The van der Waals surface area contributed by atoms with Gasteiger partial charge in [0.2, 0.25) is 5.91 Å². The average molecular weight is 411 g/mol. The SMILES string of the molecule is O=C(Cc1ccccc1)NCC1CCC2(CCN(Cc3cccc(F)c3)CC2)CO1. The van der Waals surface area contributed by atoms with Crippen LogP contribution in [0.2, 0.25) is 0 Å². The molecule has 1 unspecified atom stereocenters. The van der Waals surface area contributed by atoms with Gasteiger partial charge in [0.15, 0.2) is 0 Å². The van der Waals surface area contributed by atoms with Crippen molar-refractivity contribution in [1.82, 2.24) is 10.2 Å². The Morgan fingerprint density at radius 3 is 2.53 bits per heavy atom. The van der Waals surface area contributed by atoms with E-state index in [1.807, 2.05) is 36.4 Å². The first-order valence-corrected chi connectivity index (χ1v) is 11.0. The number of halogens is 1. The summed E-state index contributed by atoms with van der Waals surface area (Å²) in [4.78, 5) is 14.6. The van der Waals surface area contributed by atoms with Crippen molar-refractivity contribution in [3.8, 4) is 0 Å². The number of piperidine rings is 1. The van der Waals surface area contributed by atoms with Gasteiger partial charge in [-0.05, 0) is 67.4 Å². The van der Waals surface area contributed by atoms with Crippen molar-refractivity contribution in [2.24, 2.45) is 5.41 Å². The van der Waals surface area contributed by atoms with Gasteiger partial charge in [0.1, 0.15) is 5.82 Å². The van der Waals surface area contributed by atoms with E-state index in [-0.39, 0.29) is 23.2 Å². The zero-order valence-electron chi connectivity index (χ0n) is 17.5. The summed E-state index contributed by atoms with van der Waals surface area (Å²) in [5, 5.41) is 3.03. The Kier molecular flexibility index (Phi) is 6.80. The minimum atomic E-state index is -0.163. The normalized spacial score (nSPS) is 21.4. The van der Waals surface area contributed by atoms with Crippen molar-refractivity contribution >= 4 is 5.91 Å². The molecule has 0 saturated carbocycles. The molecule has 2 aliphatic heterocycles. The molecule has 30 heavy (non-hydrogen) atoms. The van der Waals surface area contributed by atoms with Crippen LogP contribution in [0.15, 0.2) is 54.6 Å². The number of hydrogen-bond acceptors (Lipinski definition) is 3. The Morgan fingerprint density at radius 1 is 1.07 bits per heavy atom. The first-order chi connectivity index (χ1) is 14.6. The van der Waals surface area contributed by atoms with Crippen molar-refractivity contribution in [3.63, 3.8) is 0 Å². The number of likely N-dealkylation sites (tertiary alicyclic amines) is 1. The quantitative estimate of drug-likeness (QED) is 0.784. The molecule has 2 fully saturated rings. The molecule has 4 nitrogen and oxygen atoms in total. The largest absolute Gasteiger partial charge is 0.376 e. The minimum absolute atomic E-state index is 0.0516. The Bertz CT molecular complexity index is 824. The summed E-state index contributed by atoms with van der Waals surface area (Å²) in [6.45, 7) is 4.23. The highest BCUT2D eigenvalue weighted by Gasteiger charge is 2.38. The van der Waals surface area contributed by atoms with E-state index in [2.05, 4.69) is 10.2 Å². The van der Waals surface area contributed by atoms with E-state index in [9.17, 15) is 9.18 Å². The Hall–Kier alpha value is -2.24. The minimum Gasteiger partial charge on any atom is -0.376 e. The second-order valence-electron chi connectivity index (χ2n) is 8.84. The summed E-state index contributed by atoms with van der Waals surface area (Å²) in [6.07, 6.45) is 4.92. The molecule has 0 aliphatic carbocycles. The van der Waals surface area contributed by atoms with Gasteiger partial charge in [-0.1, -0.05) is 42.5 Å². The number of amides is 1. The van der Waals surface area contributed by atoms with E-state index in [4.69, 9.17) is 4.74 Å². The molecule has 2 saturated heterocycles. The number of carbonyl (C=O) groups excluding carboxylic acids is 1. The topological polar surface area (TPSA) is 41.6 Å². The van der Waals surface area contributed by atoms with E-state index >= 15 is 0 Å². The van der Waals surface area contributed by atoms with Gasteiger partial charge in [-0.25, -0.2) is 4.39 Å². The maximum atomic E-state index is 13.4. The Balaban J connectivity index is 1.17. The number of hydrogen-bond donors (Lipinski definition) is 1. The molecule has 2 aromatic carbocycles. The van der Waals surface area contributed by atoms with Gasteiger partial charge in [0, 0.05) is 13.1 Å². The zero-order valence-corrected chi connectivity index (χ0v) is 17.5. The lowest BCUT2D eigenvalue weighted by molar-refractivity contribution is -0.122. The third-order valence-electron chi connectivity index (χ3n) is 6.57. The van der Waals surface area contributed by atoms with E-state index in [0.717, 1.165) is 63.1 Å². The van der Waals surface area contributed by atoms with Crippen LogP contribution in [0.4, 0.5) is 4.39 Å². The summed E-state index contributed by atoms with van der Waals surface area (Å²) in [7, 11) is 0. The molecule has 5 heteroatoms. The summed E-state index contributed by atoms with van der Waals surface area (Å²) in [5.41, 5.74) is 2.34. The summed E-state index contributed by atoms with van der Waals surface area (Å²) in [6, 6.07) is 16.7. The smallest absolute Gasteiger partial charge is 0.224 e. The summed E-state index contributed by atoms with van der Waals surface area (Å²) >= 11 is 0. The third kappa shape index (κ3) is 5.67. The molecule has 0 bridgehead atoms. The summed E-state index contributed by atoms with van der Waals surface area (Å²) in [5.74, 6) is -0.112. The van der Waals surface area contributed by atoms with Crippen LogP contribution >= 0.6 is 0 Å². The molecule has 1 atom stereocenters. The van der Waals surface area contributed by atoms with Crippen molar-refractivity contribution in [2.45, 2.75) is 44.8 Å². The monoisotopic (exact) mass is 410 g/mol. The van der Waals surface area contributed by atoms with Gasteiger partial charge < -0.3 is 10.1 Å². The molecular weight excluding hydrogens is 379 g/mol. The van der Waals surface area contributed by atoms with E-state index in [1.165, 1.54) is 6.07 Å². The predicted octanol–water partition coefficient (Wildman–Crippen LogP) is 3.95. The lowest BCUT2D eigenvalue weighted by Gasteiger charge is -2.45. The fourth-order valence-corrected chi connectivity index (χ4v) is 4.62. The second-order valence-corrected chi connectivity index (χ2v) is 8.84. The highest BCUT2D eigenvalue weighted by molar-refractivity contribution is 5.78. The maximum absolute atomic E-state index is 13.4. The van der Waals surface area contributed by atoms with E-state index in [0.29, 0.717) is 13.0 Å². The van der Waals surface area contributed by atoms with Crippen LogP contribution in [-0.4, -0.2) is 43.2 Å². The highest BCUT2D eigenvalue weighted by Crippen LogP contribution is 2.40. The van der Waals surface area contributed by atoms with Gasteiger partial charge in [0.05, 0.1) is 19.1 Å². The molecule has 0 aromatic heterocycles. The molecule has 1 spiro atoms. The van der Waals surface area contributed by atoms with Crippen LogP contribution in [-0.2, 0) is 22.5 Å². The fraction of sp³-hybridized carbons (Fsp3) is 0.480. The lowest BCUT2D eigenvalue weighted by Crippen LogP contribution is -2.47. The average Bonchev–Trinajstić information content (AvgIpc) is 2.76. The molecule has 2 aromatic rings. The molecule has 160 valence electrons. The summed E-state index contributed by atoms with van der Waals surface area (Å²) < 4.78 is 19.6. The number of carbonyl (C=O) groups is 1. The van der Waals surface area contributed by atoms with Crippen LogP contribution in [0, 0.1) is 11.2 Å². The van der Waals surface area contributed by atoms with Crippen molar-refractivity contribution in [2.75, 3.05) is 26.2 Å². The first-order valence-electron chi connectivity index (χ1n) is 11.0. The second kappa shape index (κ2) is 9.71. The van der Waals surface area contributed by atoms with Gasteiger partial charge in [-0.2, -0.15) is 0 Å². The zero-order chi connectivity index (χ0) is 20.8.